The van der Waals surface area contributed by atoms with Crippen LogP contribution in [0.3, 0.4) is 0 Å². The zero-order valence-electron chi connectivity index (χ0n) is 21.0. The minimum absolute atomic E-state index is 0.0604. The Morgan fingerprint density at radius 2 is 1.84 bits per heavy atom. The topological polar surface area (TPSA) is 94.5 Å². The molecule has 5 rings (SSSR count). The third-order valence-corrected chi connectivity index (χ3v) is 7.48. The molecule has 0 radical (unpaired) electrons. The third kappa shape index (κ3) is 5.59. The number of imidazole rings is 1. The standard InChI is InChI=1S/C29H33N5O3/c1-21(32(19-22-9-3-2-4-10-22)20-23-11-7-8-15-30-23)17-25-18-24(14-16-33(25)29(36)37)34-27-13-6-5-12-26(27)31-28(34)35/h2-13,15,21,24-25H,14,16-20H2,1H3,(H,31,35)(H,36,37). The highest BCUT2D eigenvalue weighted by Gasteiger charge is 2.35. The van der Waals surface area contributed by atoms with Gasteiger partial charge in [-0.05, 0) is 56.0 Å². The molecule has 1 saturated heterocycles. The SMILES string of the molecule is CC(CC1CC(n2c(=O)[nH]c3ccccc32)CCN1C(=O)O)N(Cc1ccccc1)Cc1ccccn1. The number of rotatable bonds is 8. The molecule has 37 heavy (non-hydrogen) atoms. The van der Waals surface area contributed by atoms with Crippen molar-refractivity contribution in [2.75, 3.05) is 6.54 Å². The van der Waals surface area contributed by atoms with Gasteiger partial charge >= 0.3 is 11.8 Å². The lowest BCUT2D eigenvalue weighted by atomic mass is 9.92. The molecule has 192 valence electrons. The molecule has 2 aromatic carbocycles. The molecule has 1 aliphatic rings. The van der Waals surface area contributed by atoms with Gasteiger partial charge < -0.3 is 15.0 Å². The average molecular weight is 500 g/mol. The van der Waals surface area contributed by atoms with E-state index in [0.717, 1.165) is 23.3 Å². The average Bonchev–Trinajstić information content (AvgIpc) is 3.25. The number of aromatic nitrogens is 3. The molecule has 8 nitrogen and oxygen atoms in total. The number of benzene rings is 2. The summed E-state index contributed by atoms with van der Waals surface area (Å²) in [5, 5.41) is 10.0. The van der Waals surface area contributed by atoms with Crippen LogP contribution in [0.4, 0.5) is 4.79 Å². The molecule has 2 aromatic heterocycles. The summed E-state index contributed by atoms with van der Waals surface area (Å²) in [5.41, 5.74) is 3.72. The van der Waals surface area contributed by atoms with Crippen LogP contribution in [-0.4, -0.2) is 54.2 Å². The Kier molecular flexibility index (Phi) is 7.37. The number of amides is 1. The summed E-state index contributed by atoms with van der Waals surface area (Å²) < 4.78 is 1.82. The monoisotopic (exact) mass is 499 g/mol. The van der Waals surface area contributed by atoms with Gasteiger partial charge in [0, 0.05) is 44.0 Å². The number of hydrogen-bond acceptors (Lipinski definition) is 4. The van der Waals surface area contributed by atoms with Crippen LogP contribution in [0.15, 0.2) is 83.8 Å². The lowest BCUT2D eigenvalue weighted by molar-refractivity contribution is 0.0685. The normalized spacial score (nSPS) is 18.8. The zero-order valence-corrected chi connectivity index (χ0v) is 21.0. The number of carboxylic acid groups (broad SMARTS) is 1. The van der Waals surface area contributed by atoms with Gasteiger partial charge in [0.2, 0.25) is 0 Å². The van der Waals surface area contributed by atoms with Crippen LogP contribution < -0.4 is 5.69 Å². The number of carbonyl (C=O) groups is 1. The maximum absolute atomic E-state index is 12.9. The van der Waals surface area contributed by atoms with E-state index in [4.69, 9.17) is 0 Å². The van der Waals surface area contributed by atoms with E-state index in [-0.39, 0.29) is 23.8 Å². The molecule has 4 aromatic rings. The Bertz CT molecular complexity index is 1340. The largest absolute Gasteiger partial charge is 0.465 e. The molecule has 3 unspecified atom stereocenters. The summed E-state index contributed by atoms with van der Waals surface area (Å²) in [6.45, 7) is 3.97. The van der Waals surface area contributed by atoms with E-state index in [1.54, 1.807) is 11.1 Å². The molecule has 3 heterocycles. The van der Waals surface area contributed by atoms with E-state index in [1.807, 2.05) is 65.2 Å². The first-order valence-corrected chi connectivity index (χ1v) is 12.9. The van der Waals surface area contributed by atoms with Gasteiger partial charge in [-0.15, -0.1) is 0 Å². The van der Waals surface area contributed by atoms with Crippen LogP contribution in [0, 0.1) is 0 Å². The van der Waals surface area contributed by atoms with E-state index in [1.165, 1.54) is 5.56 Å². The summed E-state index contributed by atoms with van der Waals surface area (Å²) in [6.07, 6.45) is 2.78. The second kappa shape index (κ2) is 11.0. The summed E-state index contributed by atoms with van der Waals surface area (Å²) >= 11 is 0. The molecular weight excluding hydrogens is 466 g/mol. The van der Waals surface area contributed by atoms with Crippen molar-refractivity contribution in [1.29, 1.82) is 0 Å². The maximum atomic E-state index is 12.9. The molecule has 8 heteroatoms. The Balaban J connectivity index is 1.39. The second-order valence-electron chi connectivity index (χ2n) is 9.92. The van der Waals surface area contributed by atoms with E-state index in [0.29, 0.717) is 32.4 Å². The fraction of sp³-hybridized carbons (Fsp3) is 0.345. The zero-order chi connectivity index (χ0) is 25.8. The number of H-pyrrole nitrogens is 1. The molecule has 1 aliphatic heterocycles. The number of para-hydroxylation sites is 2. The predicted octanol–water partition coefficient (Wildman–Crippen LogP) is 4.89. The van der Waals surface area contributed by atoms with Gasteiger partial charge in [0.25, 0.3) is 0 Å². The van der Waals surface area contributed by atoms with Gasteiger partial charge in [-0.25, -0.2) is 9.59 Å². The highest BCUT2D eigenvalue weighted by Crippen LogP contribution is 2.32. The number of fused-ring (bicyclic) bond motifs is 1. The molecule has 0 saturated carbocycles. The van der Waals surface area contributed by atoms with Crippen LogP contribution >= 0.6 is 0 Å². The van der Waals surface area contributed by atoms with Gasteiger partial charge in [0.15, 0.2) is 0 Å². The number of aromatic amines is 1. The minimum Gasteiger partial charge on any atom is -0.465 e. The number of likely N-dealkylation sites (tertiary alicyclic amines) is 1. The number of pyridine rings is 1. The molecule has 1 fully saturated rings. The van der Waals surface area contributed by atoms with Crippen LogP contribution in [0.25, 0.3) is 11.0 Å². The summed E-state index contributed by atoms with van der Waals surface area (Å²) in [6, 6.07) is 23.7. The number of piperidine rings is 1. The predicted molar refractivity (Wildman–Crippen MR) is 143 cm³/mol. The second-order valence-corrected chi connectivity index (χ2v) is 9.92. The fourth-order valence-corrected chi connectivity index (χ4v) is 5.60. The van der Waals surface area contributed by atoms with Crippen molar-refractivity contribution < 1.29 is 9.90 Å². The fourth-order valence-electron chi connectivity index (χ4n) is 5.60. The Morgan fingerprint density at radius 1 is 1.08 bits per heavy atom. The first-order chi connectivity index (χ1) is 18.0. The van der Waals surface area contributed by atoms with E-state index in [2.05, 4.69) is 33.9 Å². The third-order valence-electron chi connectivity index (χ3n) is 7.48. The molecule has 3 atom stereocenters. The van der Waals surface area contributed by atoms with Crippen molar-refractivity contribution >= 4 is 17.1 Å². The number of nitrogens with zero attached hydrogens (tertiary/aromatic N) is 4. The summed E-state index contributed by atoms with van der Waals surface area (Å²) in [5.74, 6) is 0. The van der Waals surface area contributed by atoms with E-state index >= 15 is 0 Å². The van der Waals surface area contributed by atoms with Crippen molar-refractivity contribution in [3.8, 4) is 0 Å². The van der Waals surface area contributed by atoms with Crippen LogP contribution in [0.1, 0.15) is 43.5 Å². The molecule has 0 spiro atoms. The van der Waals surface area contributed by atoms with Crippen molar-refractivity contribution in [1.82, 2.24) is 24.3 Å². The van der Waals surface area contributed by atoms with Crippen molar-refractivity contribution in [2.24, 2.45) is 0 Å². The van der Waals surface area contributed by atoms with E-state index < -0.39 is 6.09 Å². The van der Waals surface area contributed by atoms with Gasteiger partial charge in [0.1, 0.15) is 0 Å². The Hall–Kier alpha value is -3.91. The van der Waals surface area contributed by atoms with Crippen molar-refractivity contribution in [3.63, 3.8) is 0 Å². The molecule has 0 aliphatic carbocycles. The first kappa shape index (κ1) is 24.8. The van der Waals surface area contributed by atoms with Crippen LogP contribution in [-0.2, 0) is 13.1 Å². The minimum atomic E-state index is -0.902. The molecule has 2 N–H and O–H groups in total. The first-order valence-electron chi connectivity index (χ1n) is 12.9. The maximum Gasteiger partial charge on any atom is 0.407 e. The Morgan fingerprint density at radius 3 is 2.59 bits per heavy atom. The molecule has 1 amide bonds. The van der Waals surface area contributed by atoms with Crippen LogP contribution in [0.2, 0.25) is 0 Å². The van der Waals surface area contributed by atoms with Gasteiger partial charge in [0.05, 0.1) is 16.7 Å². The summed E-state index contributed by atoms with van der Waals surface area (Å²) in [7, 11) is 0. The lowest BCUT2D eigenvalue weighted by Crippen LogP contribution is -2.49. The Labute approximate surface area is 216 Å². The van der Waals surface area contributed by atoms with Gasteiger partial charge in [-0.3, -0.25) is 14.5 Å². The van der Waals surface area contributed by atoms with E-state index in [9.17, 15) is 14.7 Å². The quantitative estimate of drug-likeness (QED) is 0.360. The lowest BCUT2D eigenvalue weighted by Gasteiger charge is -2.41. The number of nitrogens with one attached hydrogen (secondary N) is 1. The van der Waals surface area contributed by atoms with Gasteiger partial charge in [-0.2, -0.15) is 0 Å². The van der Waals surface area contributed by atoms with Gasteiger partial charge in [-0.1, -0.05) is 48.5 Å². The number of hydrogen-bond donors (Lipinski definition) is 2. The molecule has 0 bridgehead atoms. The summed E-state index contributed by atoms with van der Waals surface area (Å²) in [4.78, 5) is 36.5. The van der Waals surface area contributed by atoms with Crippen LogP contribution in [0.5, 0.6) is 0 Å². The smallest absolute Gasteiger partial charge is 0.407 e. The highest BCUT2D eigenvalue weighted by molar-refractivity contribution is 5.75. The van der Waals surface area contributed by atoms with Crippen molar-refractivity contribution in [2.45, 2.75) is 57.4 Å². The highest BCUT2D eigenvalue weighted by atomic mass is 16.4. The molecular formula is C29H33N5O3. The van der Waals surface area contributed by atoms with Crippen molar-refractivity contribution in [3.05, 3.63) is 101 Å².